The highest BCUT2D eigenvalue weighted by Crippen LogP contribution is 2.50. The van der Waals surface area contributed by atoms with E-state index in [0.717, 1.165) is 37.9 Å². The number of rotatable bonds is 5. The average molecular weight is 197 g/mol. The third kappa shape index (κ3) is 1.96. The average Bonchev–Trinajstić information content (AvgIpc) is 2.72. The van der Waals surface area contributed by atoms with E-state index in [0.29, 0.717) is 0 Å². The minimum atomic E-state index is 0.136. The molecule has 0 spiro atoms. The van der Waals surface area contributed by atoms with Crippen molar-refractivity contribution in [3.8, 4) is 0 Å². The fourth-order valence-corrected chi connectivity index (χ4v) is 3.30. The summed E-state index contributed by atoms with van der Waals surface area (Å²) >= 11 is 0. The van der Waals surface area contributed by atoms with Gasteiger partial charge >= 0.3 is 0 Å². The van der Waals surface area contributed by atoms with Crippen molar-refractivity contribution in [3.63, 3.8) is 0 Å². The first-order chi connectivity index (χ1) is 6.74. The van der Waals surface area contributed by atoms with Crippen molar-refractivity contribution in [1.29, 1.82) is 0 Å². The highest BCUT2D eigenvalue weighted by molar-refractivity contribution is 5.04. The summed E-state index contributed by atoms with van der Waals surface area (Å²) in [6.07, 6.45) is 7.64. The lowest BCUT2D eigenvalue weighted by molar-refractivity contribution is 0.101. The summed E-state index contributed by atoms with van der Waals surface area (Å²) in [7, 11) is 0. The van der Waals surface area contributed by atoms with Crippen molar-refractivity contribution >= 4 is 0 Å². The maximum Gasteiger partial charge on any atom is 0.0483 e. The van der Waals surface area contributed by atoms with Crippen molar-refractivity contribution < 1.29 is 4.74 Å². The van der Waals surface area contributed by atoms with Crippen LogP contribution in [0.25, 0.3) is 0 Å². The standard InChI is InChI=1S/C12H23NO/c1-2-6-14-7-5-12(13)9-10-3-4-11(12)8-10/h10-11H,2-9,13H2,1H3. The van der Waals surface area contributed by atoms with E-state index in [1.807, 2.05) is 0 Å². The van der Waals surface area contributed by atoms with Crippen molar-refractivity contribution in [2.75, 3.05) is 13.2 Å². The third-order valence-corrected chi connectivity index (χ3v) is 4.08. The van der Waals surface area contributed by atoms with Gasteiger partial charge in [0, 0.05) is 18.8 Å². The summed E-state index contributed by atoms with van der Waals surface area (Å²) in [5, 5.41) is 0. The van der Waals surface area contributed by atoms with Crippen LogP contribution in [0.3, 0.4) is 0 Å². The predicted octanol–water partition coefficient (Wildman–Crippen LogP) is 2.32. The van der Waals surface area contributed by atoms with Gasteiger partial charge in [-0.05, 0) is 43.9 Å². The van der Waals surface area contributed by atoms with Gasteiger partial charge in [0.05, 0.1) is 0 Å². The van der Waals surface area contributed by atoms with Crippen molar-refractivity contribution in [3.05, 3.63) is 0 Å². The molecule has 2 saturated carbocycles. The Morgan fingerprint density at radius 2 is 2.21 bits per heavy atom. The Bertz CT molecular complexity index is 195. The summed E-state index contributed by atoms with van der Waals surface area (Å²) < 4.78 is 5.54. The van der Waals surface area contributed by atoms with Crippen LogP contribution in [-0.4, -0.2) is 18.8 Å². The second-order valence-electron chi connectivity index (χ2n) is 5.18. The first kappa shape index (κ1) is 10.4. The fraction of sp³-hybridized carbons (Fsp3) is 1.00. The highest BCUT2D eigenvalue weighted by atomic mass is 16.5. The van der Waals surface area contributed by atoms with Crippen LogP contribution in [0.2, 0.25) is 0 Å². The van der Waals surface area contributed by atoms with E-state index in [9.17, 15) is 0 Å². The molecule has 2 aliphatic rings. The topological polar surface area (TPSA) is 35.2 Å². The van der Waals surface area contributed by atoms with E-state index in [-0.39, 0.29) is 5.54 Å². The van der Waals surface area contributed by atoms with E-state index < -0.39 is 0 Å². The van der Waals surface area contributed by atoms with Crippen LogP contribution in [-0.2, 0) is 4.74 Å². The van der Waals surface area contributed by atoms with Crippen LogP contribution in [0.5, 0.6) is 0 Å². The first-order valence-corrected chi connectivity index (χ1v) is 6.11. The zero-order valence-electron chi connectivity index (χ0n) is 9.30. The molecule has 0 amide bonds. The van der Waals surface area contributed by atoms with Crippen molar-refractivity contribution in [2.45, 2.75) is 51.0 Å². The van der Waals surface area contributed by atoms with Crippen molar-refractivity contribution in [1.82, 2.24) is 0 Å². The lowest BCUT2D eigenvalue weighted by Gasteiger charge is -2.33. The molecule has 0 aliphatic heterocycles. The van der Waals surface area contributed by atoms with Gasteiger partial charge in [0.15, 0.2) is 0 Å². The largest absolute Gasteiger partial charge is 0.381 e. The summed E-state index contributed by atoms with van der Waals surface area (Å²) in [6, 6.07) is 0. The van der Waals surface area contributed by atoms with Crippen LogP contribution >= 0.6 is 0 Å². The molecular formula is C12H23NO. The highest BCUT2D eigenvalue weighted by Gasteiger charge is 2.47. The van der Waals surface area contributed by atoms with Gasteiger partial charge in [-0.15, -0.1) is 0 Å². The maximum atomic E-state index is 6.45. The minimum Gasteiger partial charge on any atom is -0.381 e. The number of hydrogen-bond acceptors (Lipinski definition) is 2. The van der Waals surface area contributed by atoms with Crippen LogP contribution in [0.15, 0.2) is 0 Å². The van der Waals surface area contributed by atoms with Gasteiger partial charge < -0.3 is 10.5 Å². The Kier molecular flexibility index (Phi) is 3.13. The minimum absolute atomic E-state index is 0.136. The van der Waals surface area contributed by atoms with Gasteiger partial charge in [-0.2, -0.15) is 0 Å². The Morgan fingerprint density at radius 1 is 1.36 bits per heavy atom. The molecule has 2 fully saturated rings. The smallest absolute Gasteiger partial charge is 0.0483 e. The van der Waals surface area contributed by atoms with Gasteiger partial charge in [-0.1, -0.05) is 13.3 Å². The van der Waals surface area contributed by atoms with Crippen LogP contribution in [0.4, 0.5) is 0 Å². The molecule has 2 bridgehead atoms. The lowest BCUT2D eigenvalue weighted by atomic mass is 9.80. The monoisotopic (exact) mass is 197 g/mol. The number of nitrogens with two attached hydrogens (primary N) is 1. The number of ether oxygens (including phenoxy) is 1. The Hall–Kier alpha value is -0.0800. The molecule has 14 heavy (non-hydrogen) atoms. The van der Waals surface area contributed by atoms with Crippen molar-refractivity contribution in [2.24, 2.45) is 17.6 Å². The van der Waals surface area contributed by atoms with Gasteiger partial charge in [0.25, 0.3) is 0 Å². The molecule has 0 heterocycles. The van der Waals surface area contributed by atoms with E-state index in [1.54, 1.807) is 0 Å². The third-order valence-electron chi connectivity index (χ3n) is 4.08. The Balaban J connectivity index is 1.74. The van der Waals surface area contributed by atoms with E-state index in [2.05, 4.69) is 6.92 Å². The molecule has 3 unspecified atom stereocenters. The zero-order chi connectivity index (χ0) is 10.0. The zero-order valence-corrected chi connectivity index (χ0v) is 9.30. The van der Waals surface area contributed by atoms with Gasteiger partial charge in [0.1, 0.15) is 0 Å². The molecule has 0 saturated heterocycles. The number of hydrogen-bond donors (Lipinski definition) is 1. The summed E-state index contributed by atoms with van der Waals surface area (Å²) in [4.78, 5) is 0. The second-order valence-corrected chi connectivity index (χ2v) is 5.18. The molecule has 2 rings (SSSR count). The van der Waals surface area contributed by atoms with E-state index in [4.69, 9.17) is 10.5 Å². The summed E-state index contributed by atoms with van der Waals surface area (Å²) in [6.45, 7) is 3.91. The van der Waals surface area contributed by atoms with E-state index in [1.165, 1.54) is 25.7 Å². The fourth-order valence-electron chi connectivity index (χ4n) is 3.30. The normalized spacial score (nSPS) is 40.7. The predicted molar refractivity (Wildman–Crippen MR) is 58.1 cm³/mol. The summed E-state index contributed by atoms with van der Waals surface area (Å²) in [5.74, 6) is 1.74. The molecule has 3 atom stereocenters. The van der Waals surface area contributed by atoms with Gasteiger partial charge in [0.2, 0.25) is 0 Å². The lowest BCUT2D eigenvalue weighted by Crippen LogP contribution is -2.45. The van der Waals surface area contributed by atoms with E-state index >= 15 is 0 Å². The SMILES string of the molecule is CCCOCCC1(N)CC2CCC1C2. The first-order valence-electron chi connectivity index (χ1n) is 6.11. The quantitative estimate of drug-likeness (QED) is 0.686. The maximum absolute atomic E-state index is 6.45. The molecule has 2 heteroatoms. The second kappa shape index (κ2) is 4.19. The Labute approximate surface area is 87.2 Å². The Morgan fingerprint density at radius 3 is 2.79 bits per heavy atom. The molecule has 0 aromatic heterocycles. The molecule has 2 aliphatic carbocycles. The van der Waals surface area contributed by atoms with Gasteiger partial charge in [-0.3, -0.25) is 0 Å². The molecule has 2 N–H and O–H groups in total. The summed E-state index contributed by atoms with van der Waals surface area (Å²) in [5.41, 5.74) is 6.58. The van der Waals surface area contributed by atoms with Gasteiger partial charge in [-0.25, -0.2) is 0 Å². The molecular weight excluding hydrogens is 174 g/mol. The molecule has 0 aromatic carbocycles. The molecule has 2 nitrogen and oxygen atoms in total. The number of fused-ring (bicyclic) bond motifs is 2. The molecule has 0 radical (unpaired) electrons. The molecule has 0 aromatic rings. The van der Waals surface area contributed by atoms with Crippen LogP contribution < -0.4 is 5.73 Å². The van der Waals surface area contributed by atoms with Crippen LogP contribution in [0, 0.1) is 11.8 Å². The molecule has 82 valence electrons. The van der Waals surface area contributed by atoms with Crippen LogP contribution in [0.1, 0.15) is 45.4 Å².